The van der Waals surface area contributed by atoms with Gasteiger partial charge in [0.1, 0.15) is 29.1 Å². The van der Waals surface area contributed by atoms with Crippen LogP contribution in [0.3, 0.4) is 0 Å². The zero-order chi connectivity index (χ0) is 21.1. The van der Waals surface area contributed by atoms with Crippen molar-refractivity contribution in [3.05, 3.63) is 66.4 Å². The van der Waals surface area contributed by atoms with Crippen molar-refractivity contribution in [3.63, 3.8) is 0 Å². The van der Waals surface area contributed by atoms with Crippen LogP contribution in [0, 0.1) is 12.7 Å². The second kappa shape index (κ2) is 8.33. The van der Waals surface area contributed by atoms with Crippen molar-refractivity contribution in [2.24, 2.45) is 0 Å². The lowest BCUT2D eigenvalue weighted by Crippen LogP contribution is -2.49. The Bertz CT molecular complexity index is 1120. The van der Waals surface area contributed by atoms with Gasteiger partial charge in [0.25, 0.3) is 0 Å². The number of benzene rings is 1. The van der Waals surface area contributed by atoms with Crippen LogP contribution >= 0.6 is 0 Å². The fraction of sp³-hybridized carbons (Fsp3) is 0.250. The molecule has 0 amide bonds. The Morgan fingerprint density at radius 2 is 1.70 bits per heavy atom. The number of anilines is 3. The number of rotatable bonds is 5. The van der Waals surface area contributed by atoms with Crippen LogP contribution in [-0.2, 0) is 10.0 Å². The van der Waals surface area contributed by atoms with Gasteiger partial charge in [-0.25, -0.2) is 27.8 Å². The molecule has 1 aliphatic rings. The molecule has 0 spiro atoms. The molecule has 8 nitrogen and oxygen atoms in total. The Kier molecular flexibility index (Phi) is 5.60. The predicted molar refractivity (Wildman–Crippen MR) is 112 cm³/mol. The largest absolute Gasteiger partial charge is 0.354 e. The molecule has 0 radical (unpaired) electrons. The summed E-state index contributed by atoms with van der Waals surface area (Å²) in [6, 6.07) is 12.3. The quantitative estimate of drug-likeness (QED) is 0.668. The van der Waals surface area contributed by atoms with Crippen molar-refractivity contribution in [3.8, 4) is 0 Å². The van der Waals surface area contributed by atoms with Crippen molar-refractivity contribution < 1.29 is 12.8 Å². The Hall–Kier alpha value is -3.11. The Labute approximate surface area is 174 Å². The van der Waals surface area contributed by atoms with E-state index in [9.17, 15) is 12.8 Å². The monoisotopic (exact) mass is 428 g/mol. The lowest BCUT2D eigenvalue weighted by atomic mass is 10.3. The molecule has 0 bridgehead atoms. The maximum Gasteiger partial charge on any atom is 0.243 e. The van der Waals surface area contributed by atoms with Gasteiger partial charge in [-0.1, -0.05) is 6.07 Å². The highest BCUT2D eigenvalue weighted by Gasteiger charge is 2.29. The van der Waals surface area contributed by atoms with Crippen molar-refractivity contribution in [2.75, 3.05) is 36.4 Å². The Morgan fingerprint density at radius 1 is 0.967 bits per heavy atom. The number of nitrogens with zero attached hydrogens (tertiary/aromatic N) is 5. The van der Waals surface area contributed by atoms with Crippen molar-refractivity contribution in [2.45, 2.75) is 11.8 Å². The molecular formula is C20H21FN6O2S. The van der Waals surface area contributed by atoms with E-state index in [2.05, 4.69) is 20.3 Å². The fourth-order valence-electron chi connectivity index (χ4n) is 3.26. The molecule has 2 aromatic heterocycles. The molecule has 4 rings (SSSR count). The molecule has 3 heterocycles. The van der Waals surface area contributed by atoms with Gasteiger partial charge in [0.05, 0.1) is 4.90 Å². The number of hydrogen-bond acceptors (Lipinski definition) is 7. The maximum atomic E-state index is 13.1. The highest BCUT2D eigenvalue weighted by Crippen LogP contribution is 2.23. The number of sulfonamides is 1. The fourth-order valence-corrected chi connectivity index (χ4v) is 4.68. The average Bonchev–Trinajstić information content (AvgIpc) is 2.74. The number of pyridine rings is 1. The van der Waals surface area contributed by atoms with Gasteiger partial charge in [0.15, 0.2) is 0 Å². The number of hydrogen-bond donors (Lipinski definition) is 1. The first-order valence-corrected chi connectivity index (χ1v) is 10.9. The highest BCUT2D eigenvalue weighted by atomic mass is 32.2. The number of halogens is 1. The predicted octanol–water partition coefficient (Wildman–Crippen LogP) is 2.57. The molecule has 30 heavy (non-hydrogen) atoms. The minimum absolute atomic E-state index is 0.0945. The second-order valence-electron chi connectivity index (χ2n) is 6.84. The summed E-state index contributed by atoms with van der Waals surface area (Å²) in [7, 11) is -3.65. The van der Waals surface area contributed by atoms with E-state index in [1.165, 1.54) is 16.4 Å². The molecular weight excluding hydrogens is 407 g/mol. The lowest BCUT2D eigenvalue weighted by Gasteiger charge is -2.34. The zero-order valence-corrected chi connectivity index (χ0v) is 17.2. The highest BCUT2D eigenvalue weighted by molar-refractivity contribution is 7.89. The molecule has 10 heteroatoms. The van der Waals surface area contributed by atoms with Crippen LogP contribution in [0.25, 0.3) is 0 Å². The summed E-state index contributed by atoms with van der Waals surface area (Å²) < 4.78 is 40.1. The second-order valence-corrected chi connectivity index (χ2v) is 8.78. The van der Waals surface area contributed by atoms with Crippen molar-refractivity contribution in [1.82, 2.24) is 19.3 Å². The van der Waals surface area contributed by atoms with Gasteiger partial charge in [-0.3, -0.25) is 0 Å². The van der Waals surface area contributed by atoms with Gasteiger partial charge in [0.2, 0.25) is 10.0 Å². The van der Waals surface area contributed by atoms with Gasteiger partial charge in [-0.15, -0.1) is 0 Å². The lowest BCUT2D eigenvalue weighted by molar-refractivity contribution is 0.383. The van der Waals surface area contributed by atoms with Crippen LogP contribution in [0.2, 0.25) is 0 Å². The summed E-state index contributed by atoms with van der Waals surface area (Å²) >= 11 is 0. The standard InChI is InChI=1S/C20H21FN6O2S/c1-15-23-19(25-18-4-2-3-9-22-18)14-20(24-15)26-10-12-27(13-11-26)30(28,29)17-7-5-16(21)6-8-17/h2-9,14H,10-13H2,1H3,(H,22,23,24,25). The van der Waals surface area contributed by atoms with Crippen LogP contribution in [0.1, 0.15) is 5.82 Å². The van der Waals surface area contributed by atoms with Gasteiger partial charge in [-0.2, -0.15) is 4.31 Å². The molecule has 1 fully saturated rings. The SMILES string of the molecule is Cc1nc(Nc2ccccn2)cc(N2CCN(S(=O)(=O)c3ccc(F)cc3)CC2)n1. The van der Waals surface area contributed by atoms with Crippen LogP contribution in [0.4, 0.5) is 21.8 Å². The number of aryl methyl sites for hydroxylation is 1. The summed E-state index contributed by atoms with van der Waals surface area (Å²) in [6.45, 7) is 3.40. The van der Waals surface area contributed by atoms with E-state index in [1.807, 2.05) is 36.1 Å². The molecule has 0 atom stereocenters. The van der Waals surface area contributed by atoms with E-state index >= 15 is 0 Å². The molecule has 0 saturated carbocycles. The third-order valence-corrected chi connectivity index (χ3v) is 6.67. The van der Waals surface area contributed by atoms with Crippen LogP contribution < -0.4 is 10.2 Å². The summed E-state index contributed by atoms with van der Waals surface area (Å²) in [5.41, 5.74) is 0. The summed E-state index contributed by atoms with van der Waals surface area (Å²) in [4.78, 5) is 15.3. The first kappa shape index (κ1) is 20.2. The Balaban J connectivity index is 1.47. The molecule has 0 aliphatic carbocycles. The number of piperazine rings is 1. The van der Waals surface area contributed by atoms with Crippen LogP contribution in [0.15, 0.2) is 59.6 Å². The van der Waals surface area contributed by atoms with E-state index in [-0.39, 0.29) is 4.90 Å². The molecule has 0 unspecified atom stereocenters. The maximum absolute atomic E-state index is 13.1. The molecule has 1 saturated heterocycles. The van der Waals surface area contributed by atoms with Gasteiger partial charge >= 0.3 is 0 Å². The zero-order valence-electron chi connectivity index (χ0n) is 16.4. The number of aromatic nitrogens is 3. The van der Waals surface area contributed by atoms with Crippen LogP contribution in [-0.4, -0.2) is 53.9 Å². The van der Waals surface area contributed by atoms with E-state index in [1.54, 1.807) is 6.20 Å². The van der Waals surface area contributed by atoms with Crippen LogP contribution in [0.5, 0.6) is 0 Å². The molecule has 156 valence electrons. The topological polar surface area (TPSA) is 91.3 Å². The normalized spacial score (nSPS) is 15.2. The van der Waals surface area contributed by atoms with E-state index in [4.69, 9.17) is 0 Å². The van der Waals surface area contributed by atoms with Gasteiger partial charge in [-0.05, 0) is 43.3 Å². The third kappa shape index (κ3) is 4.39. The van der Waals surface area contributed by atoms with Gasteiger partial charge < -0.3 is 10.2 Å². The minimum atomic E-state index is -3.65. The molecule has 1 aromatic carbocycles. The van der Waals surface area contributed by atoms with E-state index in [0.29, 0.717) is 43.6 Å². The smallest absolute Gasteiger partial charge is 0.243 e. The Morgan fingerprint density at radius 3 is 2.37 bits per heavy atom. The van der Waals surface area contributed by atoms with Crippen molar-refractivity contribution in [1.29, 1.82) is 0 Å². The first-order chi connectivity index (χ1) is 14.4. The number of nitrogens with one attached hydrogen (secondary N) is 1. The van der Waals surface area contributed by atoms with Crippen molar-refractivity contribution >= 4 is 27.5 Å². The molecule has 3 aromatic rings. The summed E-state index contributed by atoms with van der Waals surface area (Å²) in [5, 5.41) is 3.16. The minimum Gasteiger partial charge on any atom is -0.354 e. The summed E-state index contributed by atoms with van der Waals surface area (Å²) in [5.74, 6) is 2.16. The molecule has 1 aliphatic heterocycles. The first-order valence-electron chi connectivity index (χ1n) is 9.46. The third-order valence-electron chi connectivity index (χ3n) is 4.76. The van der Waals surface area contributed by atoms with E-state index in [0.717, 1.165) is 18.0 Å². The average molecular weight is 428 g/mol. The van der Waals surface area contributed by atoms with Gasteiger partial charge in [0, 0.05) is 38.4 Å². The van der Waals surface area contributed by atoms with E-state index < -0.39 is 15.8 Å². The molecule has 1 N–H and O–H groups in total. The summed E-state index contributed by atoms with van der Waals surface area (Å²) in [6.07, 6.45) is 1.69.